The fraction of sp³-hybridized carbons (Fsp3) is 0.312. The fourth-order valence-corrected chi connectivity index (χ4v) is 3.40. The lowest BCUT2D eigenvalue weighted by Gasteiger charge is -2.14. The molecule has 0 aromatic heterocycles. The summed E-state index contributed by atoms with van der Waals surface area (Å²) in [6.07, 6.45) is 2.05. The molecule has 5 nitrogen and oxygen atoms in total. The molecule has 1 heterocycles. The first kappa shape index (κ1) is 17.5. The molecule has 23 heavy (non-hydrogen) atoms. The quantitative estimate of drug-likeness (QED) is 0.573. The van der Waals surface area contributed by atoms with Gasteiger partial charge in [-0.05, 0) is 36.6 Å². The molecule has 0 N–H and O–H groups in total. The number of carbonyl (C=O) groups is 2. The predicted octanol–water partition coefficient (Wildman–Crippen LogP) is 1.48. The topological polar surface area (TPSA) is 63.7 Å². The number of hydrogen-bond donors (Lipinski definition) is 0. The second-order valence-corrected chi connectivity index (χ2v) is 6.97. The zero-order valence-electron chi connectivity index (χ0n) is 12.9. The van der Waals surface area contributed by atoms with Crippen LogP contribution in [0, 0.1) is 0 Å². The maximum atomic E-state index is 12.3. The van der Waals surface area contributed by atoms with E-state index >= 15 is 0 Å². The zero-order chi connectivity index (χ0) is 17.0. The third-order valence-electron chi connectivity index (χ3n) is 3.34. The molecule has 2 rings (SSSR count). The van der Waals surface area contributed by atoms with Crippen molar-refractivity contribution >= 4 is 51.9 Å². The van der Waals surface area contributed by atoms with Crippen molar-refractivity contribution in [2.75, 3.05) is 25.5 Å². The van der Waals surface area contributed by atoms with Crippen LogP contribution in [0.1, 0.15) is 18.4 Å². The van der Waals surface area contributed by atoms with E-state index in [0.29, 0.717) is 22.2 Å². The van der Waals surface area contributed by atoms with Crippen LogP contribution in [-0.2, 0) is 9.59 Å². The molecule has 7 heteroatoms. The van der Waals surface area contributed by atoms with Crippen molar-refractivity contribution in [3.8, 4) is 0 Å². The Morgan fingerprint density at radius 3 is 2.57 bits per heavy atom. The Hall–Kier alpha value is -1.86. The average molecular weight is 349 g/mol. The minimum Gasteiger partial charge on any atom is -0.550 e. The van der Waals surface area contributed by atoms with Gasteiger partial charge in [0, 0.05) is 32.3 Å². The molecule has 0 spiro atoms. The van der Waals surface area contributed by atoms with Crippen LogP contribution in [0.15, 0.2) is 29.2 Å². The molecule has 1 fully saturated rings. The summed E-state index contributed by atoms with van der Waals surface area (Å²) >= 11 is 6.44. The fourth-order valence-electron chi connectivity index (χ4n) is 2.09. The Kier molecular flexibility index (Phi) is 5.79. The summed E-state index contributed by atoms with van der Waals surface area (Å²) < 4.78 is 0.463. The van der Waals surface area contributed by atoms with Crippen LogP contribution in [0.4, 0.5) is 5.69 Å². The van der Waals surface area contributed by atoms with Gasteiger partial charge in [-0.15, -0.1) is 0 Å². The molecular weight excluding hydrogens is 332 g/mol. The van der Waals surface area contributed by atoms with Crippen LogP contribution in [-0.4, -0.2) is 41.7 Å². The van der Waals surface area contributed by atoms with E-state index in [4.69, 9.17) is 12.2 Å². The van der Waals surface area contributed by atoms with E-state index in [0.717, 1.165) is 11.3 Å². The van der Waals surface area contributed by atoms with Crippen LogP contribution in [0.2, 0.25) is 0 Å². The number of thioether (sulfide) groups is 1. The lowest BCUT2D eigenvalue weighted by Crippen LogP contribution is -2.30. The molecule has 1 aliphatic heterocycles. The molecule has 0 aliphatic carbocycles. The van der Waals surface area contributed by atoms with Crippen LogP contribution in [0.3, 0.4) is 0 Å². The van der Waals surface area contributed by atoms with Crippen LogP contribution < -0.4 is 10.0 Å². The van der Waals surface area contributed by atoms with Crippen molar-refractivity contribution in [3.05, 3.63) is 34.7 Å². The van der Waals surface area contributed by atoms with Gasteiger partial charge in [-0.1, -0.05) is 36.1 Å². The molecule has 0 saturated carbocycles. The third-order valence-corrected chi connectivity index (χ3v) is 4.72. The van der Waals surface area contributed by atoms with Crippen molar-refractivity contribution < 1.29 is 14.7 Å². The maximum Gasteiger partial charge on any atom is 0.266 e. The number of amides is 1. The Labute approximate surface area is 145 Å². The Morgan fingerprint density at radius 2 is 2.00 bits per heavy atom. The normalized spacial score (nSPS) is 16.3. The van der Waals surface area contributed by atoms with Crippen molar-refractivity contribution in [1.29, 1.82) is 0 Å². The monoisotopic (exact) mass is 349 g/mol. The highest BCUT2D eigenvalue weighted by Gasteiger charge is 2.31. The third kappa shape index (κ3) is 4.56. The van der Waals surface area contributed by atoms with Gasteiger partial charge in [-0.2, -0.15) is 0 Å². The largest absolute Gasteiger partial charge is 0.550 e. The summed E-state index contributed by atoms with van der Waals surface area (Å²) in [6, 6.07) is 7.84. The number of carboxylic acid groups (broad SMARTS) is 1. The van der Waals surface area contributed by atoms with Gasteiger partial charge in [-0.25, -0.2) is 0 Å². The molecule has 1 aromatic carbocycles. The summed E-state index contributed by atoms with van der Waals surface area (Å²) in [4.78, 5) is 26.8. The molecule has 122 valence electrons. The van der Waals surface area contributed by atoms with Crippen LogP contribution in [0.5, 0.6) is 0 Å². The molecule has 1 aromatic rings. The van der Waals surface area contributed by atoms with E-state index < -0.39 is 5.97 Å². The highest BCUT2D eigenvalue weighted by atomic mass is 32.2. The van der Waals surface area contributed by atoms with Gasteiger partial charge >= 0.3 is 0 Å². The summed E-state index contributed by atoms with van der Waals surface area (Å²) in [5.41, 5.74) is 2.00. The number of benzene rings is 1. The number of carboxylic acids is 1. The average Bonchev–Trinajstić information content (AvgIpc) is 2.75. The first-order valence-electron chi connectivity index (χ1n) is 7.11. The molecule has 0 bridgehead atoms. The SMILES string of the molecule is CN(C)c1ccc(C=C2SC(=S)N(CCCC(=O)[O-])C2=O)cc1. The van der Waals surface area contributed by atoms with E-state index in [2.05, 4.69) is 0 Å². The van der Waals surface area contributed by atoms with Gasteiger partial charge in [-0.3, -0.25) is 9.69 Å². The highest BCUT2D eigenvalue weighted by Crippen LogP contribution is 2.32. The Morgan fingerprint density at radius 1 is 1.35 bits per heavy atom. The number of anilines is 1. The Bertz CT molecular complexity index is 654. The molecular formula is C16H17N2O3S2-. The van der Waals surface area contributed by atoms with E-state index in [9.17, 15) is 14.7 Å². The minimum absolute atomic E-state index is 0.0812. The predicted molar refractivity (Wildman–Crippen MR) is 94.9 cm³/mol. The smallest absolute Gasteiger partial charge is 0.266 e. The lowest BCUT2D eigenvalue weighted by atomic mass is 10.2. The standard InChI is InChI=1S/C16H18N2O3S2/c1-17(2)12-7-5-11(6-8-12)10-13-15(21)18(16(22)23-13)9-3-4-14(19)20/h5-8,10H,3-4,9H2,1-2H3,(H,19,20)/p-1. The van der Waals surface area contributed by atoms with Crippen molar-refractivity contribution in [2.45, 2.75) is 12.8 Å². The van der Waals surface area contributed by atoms with Gasteiger partial charge in [0.05, 0.1) is 4.91 Å². The van der Waals surface area contributed by atoms with Gasteiger partial charge in [0.1, 0.15) is 4.32 Å². The molecule has 1 aliphatic rings. The highest BCUT2D eigenvalue weighted by molar-refractivity contribution is 8.26. The van der Waals surface area contributed by atoms with Crippen LogP contribution in [0.25, 0.3) is 6.08 Å². The van der Waals surface area contributed by atoms with Crippen LogP contribution >= 0.6 is 24.0 Å². The Balaban J connectivity index is 2.07. The lowest BCUT2D eigenvalue weighted by molar-refractivity contribution is -0.305. The van der Waals surface area contributed by atoms with Crippen molar-refractivity contribution in [1.82, 2.24) is 4.90 Å². The van der Waals surface area contributed by atoms with Gasteiger partial charge < -0.3 is 14.8 Å². The summed E-state index contributed by atoms with van der Waals surface area (Å²) in [6.45, 7) is 0.301. The number of rotatable bonds is 6. The first-order chi connectivity index (χ1) is 10.9. The maximum absolute atomic E-state index is 12.3. The van der Waals surface area contributed by atoms with E-state index in [-0.39, 0.29) is 12.3 Å². The summed E-state index contributed by atoms with van der Waals surface area (Å²) in [7, 11) is 3.93. The van der Waals surface area contributed by atoms with Gasteiger partial charge in [0.15, 0.2) is 0 Å². The van der Waals surface area contributed by atoms with Gasteiger partial charge in [0.25, 0.3) is 5.91 Å². The molecule has 0 radical (unpaired) electrons. The number of hydrogen-bond acceptors (Lipinski definition) is 6. The molecule has 0 unspecified atom stereocenters. The van der Waals surface area contributed by atoms with Crippen molar-refractivity contribution in [3.63, 3.8) is 0 Å². The van der Waals surface area contributed by atoms with E-state index in [1.54, 1.807) is 6.08 Å². The number of nitrogens with zero attached hydrogens (tertiary/aromatic N) is 2. The molecule has 0 atom stereocenters. The zero-order valence-corrected chi connectivity index (χ0v) is 14.6. The van der Waals surface area contributed by atoms with E-state index in [1.807, 2.05) is 43.3 Å². The first-order valence-corrected chi connectivity index (χ1v) is 8.33. The summed E-state index contributed by atoms with van der Waals surface area (Å²) in [5.74, 6) is -1.29. The number of carbonyl (C=O) groups excluding carboxylic acids is 2. The summed E-state index contributed by atoms with van der Waals surface area (Å²) in [5, 5.41) is 10.4. The minimum atomic E-state index is -1.12. The molecule has 1 saturated heterocycles. The van der Waals surface area contributed by atoms with E-state index in [1.165, 1.54) is 16.7 Å². The number of thiocarbonyl (C=S) groups is 1. The molecule has 1 amide bonds. The second kappa shape index (κ2) is 7.61. The second-order valence-electron chi connectivity index (χ2n) is 5.29. The van der Waals surface area contributed by atoms with Crippen molar-refractivity contribution in [2.24, 2.45) is 0 Å². The number of aliphatic carboxylic acids is 1. The van der Waals surface area contributed by atoms with Gasteiger partial charge in [0.2, 0.25) is 0 Å².